The van der Waals surface area contributed by atoms with Gasteiger partial charge in [0.1, 0.15) is 6.33 Å². The molecule has 1 rings (SSSR count). The SMILES string of the molecule is COC(CN)CC(=O)NCc1ncn(C)n1. The first-order valence-corrected chi connectivity index (χ1v) is 4.99. The van der Waals surface area contributed by atoms with Crippen LogP contribution in [0.2, 0.25) is 0 Å². The number of rotatable bonds is 6. The predicted molar refractivity (Wildman–Crippen MR) is 57.3 cm³/mol. The largest absolute Gasteiger partial charge is 0.380 e. The van der Waals surface area contributed by atoms with Crippen molar-refractivity contribution in [3.63, 3.8) is 0 Å². The summed E-state index contributed by atoms with van der Waals surface area (Å²) in [4.78, 5) is 15.4. The zero-order valence-electron chi connectivity index (χ0n) is 9.51. The topological polar surface area (TPSA) is 95.1 Å². The van der Waals surface area contributed by atoms with Gasteiger partial charge in [-0.25, -0.2) is 4.98 Å². The van der Waals surface area contributed by atoms with Gasteiger partial charge in [-0.1, -0.05) is 0 Å². The highest BCUT2D eigenvalue weighted by Gasteiger charge is 2.11. The third kappa shape index (κ3) is 3.95. The van der Waals surface area contributed by atoms with E-state index >= 15 is 0 Å². The van der Waals surface area contributed by atoms with Crippen LogP contribution < -0.4 is 11.1 Å². The van der Waals surface area contributed by atoms with Crippen molar-refractivity contribution in [1.29, 1.82) is 0 Å². The van der Waals surface area contributed by atoms with Crippen molar-refractivity contribution in [2.75, 3.05) is 13.7 Å². The molecule has 0 saturated heterocycles. The van der Waals surface area contributed by atoms with Gasteiger partial charge < -0.3 is 15.8 Å². The van der Waals surface area contributed by atoms with E-state index in [1.165, 1.54) is 7.11 Å². The zero-order valence-corrected chi connectivity index (χ0v) is 9.51. The van der Waals surface area contributed by atoms with Crippen molar-refractivity contribution >= 4 is 5.91 Å². The predicted octanol–water partition coefficient (Wildman–Crippen LogP) is -1.20. The minimum atomic E-state index is -0.239. The van der Waals surface area contributed by atoms with Gasteiger partial charge in [0.05, 0.1) is 19.1 Å². The Hall–Kier alpha value is -1.47. The van der Waals surface area contributed by atoms with E-state index in [1.54, 1.807) is 18.1 Å². The second-order valence-corrected chi connectivity index (χ2v) is 3.41. The van der Waals surface area contributed by atoms with Gasteiger partial charge in [0.15, 0.2) is 5.82 Å². The van der Waals surface area contributed by atoms with Crippen LogP contribution in [-0.4, -0.2) is 40.4 Å². The second kappa shape index (κ2) is 6.19. The molecule has 3 N–H and O–H groups in total. The van der Waals surface area contributed by atoms with Crippen LogP contribution in [0, 0.1) is 0 Å². The summed E-state index contributed by atoms with van der Waals surface area (Å²) in [5.41, 5.74) is 5.41. The standard InChI is InChI=1S/C9H17N5O2/c1-14-6-12-8(13-14)5-11-9(15)3-7(4-10)16-2/h6-7H,3-5,10H2,1-2H3,(H,11,15). The number of methoxy groups -OCH3 is 1. The Bertz CT molecular complexity index is 334. The summed E-state index contributed by atoms with van der Waals surface area (Å²) in [5, 5.41) is 6.74. The second-order valence-electron chi connectivity index (χ2n) is 3.41. The van der Waals surface area contributed by atoms with E-state index in [9.17, 15) is 4.79 Å². The highest BCUT2D eigenvalue weighted by Crippen LogP contribution is 1.95. The van der Waals surface area contributed by atoms with Crippen LogP contribution in [0.1, 0.15) is 12.2 Å². The molecule has 0 aliphatic heterocycles. The van der Waals surface area contributed by atoms with Gasteiger partial charge in [-0.05, 0) is 0 Å². The number of amides is 1. The number of ether oxygens (including phenoxy) is 1. The van der Waals surface area contributed by atoms with Crippen LogP contribution in [0.3, 0.4) is 0 Å². The van der Waals surface area contributed by atoms with Crippen LogP contribution in [0.5, 0.6) is 0 Å². The third-order valence-corrected chi connectivity index (χ3v) is 2.10. The fourth-order valence-corrected chi connectivity index (χ4v) is 1.18. The van der Waals surface area contributed by atoms with Crippen molar-refractivity contribution in [3.8, 4) is 0 Å². The Balaban J connectivity index is 2.30. The van der Waals surface area contributed by atoms with Crippen LogP contribution in [-0.2, 0) is 23.1 Å². The number of nitrogens with one attached hydrogen (secondary N) is 1. The fourth-order valence-electron chi connectivity index (χ4n) is 1.18. The molecule has 0 aromatic carbocycles. The van der Waals surface area contributed by atoms with Gasteiger partial charge in [0.25, 0.3) is 0 Å². The molecule has 1 aromatic heterocycles. The maximum atomic E-state index is 11.4. The van der Waals surface area contributed by atoms with E-state index in [2.05, 4.69) is 15.4 Å². The monoisotopic (exact) mass is 227 g/mol. The number of hydrogen-bond acceptors (Lipinski definition) is 5. The lowest BCUT2D eigenvalue weighted by Crippen LogP contribution is -2.32. The third-order valence-electron chi connectivity index (χ3n) is 2.10. The van der Waals surface area contributed by atoms with Gasteiger partial charge in [0.2, 0.25) is 5.91 Å². The lowest BCUT2D eigenvalue weighted by Gasteiger charge is -2.11. The molecule has 0 saturated carbocycles. The smallest absolute Gasteiger partial charge is 0.223 e. The van der Waals surface area contributed by atoms with Crippen molar-refractivity contribution in [3.05, 3.63) is 12.2 Å². The molecule has 1 amide bonds. The summed E-state index contributed by atoms with van der Waals surface area (Å²) in [6.07, 6.45) is 1.59. The highest BCUT2D eigenvalue weighted by molar-refractivity contribution is 5.76. The number of carbonyl (C=O) groups is 1. The first-order valence-electron chi connectivity index (χ1n) is 4.99. The van der Waals surface area contributed by atoms with E-state index in [0.717, 1.165) is 0 Å². The average molecular weight is 227 g/mol. The normalized spacial score (nSPS) is 12.4. The number of nitrogens with two attached hydrogens (primary N) is 1. The molecule has 1 unspecified atom stereocenters. The van der Waals surface area contributed by atoms with E-state index in [0.29, 0.717) is 18.9 Å². The van der Waals surface area contributed by atoms with Crippen LogP contribution >= 0.6 is 0 Å². The van der Waals surface area contributed by atoms with E-state index in [-0.39, 0.29) is 18.4 Å². The Kier molecular flexibility index (Phi) is 4.87. The lowest BCUT2D eigenvalue weighted by atomic mass is 10.2. The molecule has 1 aromatic rings. The number of aromatic nitrogens is 3. The average Bonchev–Trinajstić information content (AvgIpc) is 2.69. The summed E-state index contributed by atoms with van der Waals surface area (Å²) in [5.74, 6) is 0.460. The first-order chi connectivity index (χ1) is 7.65. The molecule has 1 heterocycles. The van der Waals surface area contributed by atoms with Crippen molar-refractivity contribution in [2.24, 2.45) is 12.8 Å². The molecule has 0 radical (unpaired) electrons. The van der Waals surface area contributed by atoms with E-state index in [4.69, 9.17) is 10.5 Å². The molecule has 0 spiro atoms. The molecule has 0 aliphatic rings. The number of hydrogen-bond donors (Lipinski definition) is 2. The Morgan fingerprint density at radius 1 is 1.75 bits per heavy atom. The van der Waals surface area contributed by atoms with Crippen molar-refractivity contribution in [1.82, 2.24) is 20.1 Å². The molecule has 90 valence electrons. The summed E-state index contributed by atoms with van der Waals surface area (Å²) in [6.45, 7) is 0.645. The number of nitrogens with zero attached hydrogens (tertiary/aromatic N) is 3. The van der Waals surface area contributed by atoms with Gasteiger partial charge in [-0.2, -0.15) is 5.10 Å². The van der Waals surface area contributed by atoms with Crippen LogP contribution in [0.15, 0.2) is 6.33 Å². The summed E-state index contributed by atoms with van der Waals surface area (Å²) in [7, 11) is 3.30. The highest BCUT2D eigenvalue weighted by atomic mass is 16.5. The van der Waals surface area contributed by atoms with Crippen LogP contribution in [0.4, 0.5) is 0 Å². The van der Waals surface area contributed by atoms with E-state index in [1.807, 2.05) is 0 Å². The maximum absolute atomic E-state index is 11.4. The number of aryl methyl sites for hydroxylation is 1. The molecule has 16 heavy (non-hydrogen) atoms. The Morgan fingerprint density at radius 3 is 3.00 bits per heavy atom. The molecule has 7 nitrogen and oxygen atoms in total. The minimum absolute atomic E-state index is 0.121. The van der Waals surface area contributed by atoms with Crippen molar-refractivity contribution < 1.29 is 9.53 Å². The molecule has 1 atom stereocenters. The van der Waals surface area contributed by atoms with Crippen LogP contribution in [0.25, 0.3) is 0 Å². The molecule has 0 bridgehead atoms. The molecule has 0 aliphatic carbocycles. The summed E-state index contributed by atoms with van der Waals surface area (Å²) < 4.78 is 6.59. The Morgan fingerprint density at radius 2 is 2.50 bits per heavy atom. The van der Waals surface area contributed by atoms with Gasteiger partial charge in [-0.15, -0.1) is 0 Å². The van der Waals surface area contributed by atoms with E-state index < -0.39 is 0 Å². The quantitative estimate of drug-likeness (QED) is 0.636. The van der Waals surface area contributed by atoms with Gasteiger partial charge >= 0.3 is 0 Å². The number of carbonyl (C=O) groups excluding carboxylic acids is 1. The fraction of sp³-hybridized carbons (Fsp3) is 0.667. The first kappa shape index (κ1) is 12.6. The maximum Gasteiger partial charge on any atom is 0.223 e. The van der Waals surface area contributed by atoms with Gasteiger partial charge in [-0.3, -0.25) is 9.48 Å². The molecular formula is C9H17N5O2. The summed E-state index contributed by atoms with van der Waals surface area (Å²) >= 11 is 0. The van der Waals surface area contributed by atoms with Gasteiger partial charge in [0, 0.05) is 20.7 Å². The molecular weight excluding hydrogens is 210 g/mol. The Labute approximate surface area is 94.0 Å². The molecule has 7 heteroatoms. The zero-order chi connectivity index (χ0) is 12.0. The summed E-state index contributed by atoms with van der Waals surface area (Å²) in [6, 6.07) is 0. The minimum Gasteiger partial charge on any atom is -0.380 e. The van der Waals surface area contributed by atoms with Crippen molar-refractivity contribution in [2.45, 2.75) is 19.1 Å². The molecule has 0 fully saturated rings. The lowest BCUT2D eigenvalue weighted by molar-refractivity contribution is -0.123.